The van der Waals surface area contributed by atoms with Gasteiger partial charge in [-0.1, -0.05) is 26.0 Å². The van der Waals surface area contributed by atoms with Crippen LogP contribution in [0.4, 0.5) is 0 Å². The molecular weight excluding hydrogens is 240 g/mol. The maximum atomic E-state index is 11.1. The lowest BCUT2D eigenvalue weighted by Gasteiger charge is -2.18. The summed E-state index contributed by atoms with van der Waals surface area (Å²) in [5, 5.41) is 0. The quantitative estimate of drug-likeness (QED) is 0.471. The third-order valence-electron chi connectivity index (χ3n) is 3.15. The van der Waals surface area contributed by atoms with Crippen molar-refractivity contribution in [2.24, 2.45) is 5.84 Å². The highest BCUT2D eigenvalue weighted by atomic mass is 16.5. The largest absolute Gasteiger partial charge is 0.490 e. The average Bonchev–Trinajstić information content (AvgIpc) is 2.38. The summed E-state index contributed by atoms with van der Waals surface area (Å²) in [6.07, 6.45) is 1.01. The van der Waals surface area contributed by atoms with Gasteiger partial charge in [0.2, 0.25) is 5.91 Å². The number of nitrogens with one attached hydrogen (secondary N) is 1. The van der Waals surface area contributed by atoms with Gasteiger partial charge in [-0.05, 0) is 43.4 Å². The molecule has 0 radical (unpaired) electrons. The Morgan fingerprint density at radius 2 is 2.05 bits per heavy atom. The lowest BCUT2D eigenvalue weighted by molar-refractivity contribution is -0.121. The first-order chi connectivity index (χ1) is 8.93. The molecule has 3 N–H and O–H groups in total. The highest BCUT2D eigenvalue weighted by Crippen LogP contribution is 2.25. The molecule has 1 unspecified atom stereocenters. The molecule has 0 aliphatic heterocycles. The number of hydrogen-bond acceptors (Lipinski definition) is 3. The zero-order chi connectivity index (χ0) is 14.4. The fourth-order valence-electron chi connectivity index (χ4n) is 1.78. The second-order valence-corrected chi connectivity index (χ2v) is 5.21. The van der Waals surface area contributed by atoms with E-state index in [1.807, 2.05) is 13.8 Å². The second-order valence-electron chi connectivity index (χ2n) is 5.21. The zero-order valence-corrected chi connectivity index (χ0v) is 12.2. The average molecular weight is 264 g/mol. The number of aryl methyl sites for hydroxylation is 1. The van der Waals surface area contributed by atoms with E-state index in [2.05, 4.69) is 37.5 Å². The normalized spacial score (nSPS) is 12.3. The van der Waals surface area contributed by atoms with E-state index in [0.29, 0.717) is 18.8 Å². The number of hydrogen-bond donors (Lipinski definition) is 2. The molecule has 0 aromatic heterocycles. The molecule has 0 aliphatic rings. The summed E-state index contributed by atoms with van der Waals surface area (Å²) in [5.74, 6) is 6.25. The van der Waals surface area contributed by atoms with Gasteiger partial charge in [-0.2, -0.15) is 0 Å². The van der Waals surface area contributed by atoms with E-state index >= 15 is 0 Å². The van der Waals surface area contributed by atoms with E-state index in [0.717, 1.165) is 11.3 Å². The number of rotatable bonds is 6. The minimum atomic E-state index is -0.164. The van der Waals surface area contributed by atoms with Gasteiger partial charge in [0.15, 0.2) is 0 Å². The van der Waals surface area contributed by atoms with Crippen LogP contribution < -0.4 is 16.0 Å². The smallest absolute Gasteiger partial charge is 0.234 e. The molecule has 0 saturated heterocycles. The van der Waals surface area contributed by atoms with Crippen LogP contribution in [0.2, 0.25) is 0 Å². The summed E-state index contributed by atoms with van der Waals surface area (Å²) < 4.78 is 5.91. The van der Waals surface area contributed by atoms with Gasteiger partial charge in [-0.15, -0.1) is 0 Å². The summed E-state index contributed by atoms with van der Waals surface area (Å²) in [4.78, 5) is 11.1. The van der Waals surface area contributed by atoms with Crippen LogP contribution in [0.1, 0.15) is 50.7 Å². The number of carbonyl (C=O) groups excluding carboxylic acids is 1. The highest BCUT2D eigenvalue weighted by molar-refractivity contribution is 5.75. The van der Waals surface area contributed by atoms with Crippen LogP contribution in [-0.4, -0.2) is 12.0 Å². The molecule has 1 rings (SSSR count). The monoisotopic (exact) mass is 264 g/mol. The van der Waals surface area contributed by atoms with Gasteiger partial charge in [0.1, 0.15) is 5.75 Å². The molecule has 1 atom stereocenters. The van der Waals surface area contributed by atoms with Crippen LogP contribution in [0.15, 0.2) is 18.2 Å². The van der Waals surface area contributed by atoms with E-state index in [1.165, 1.54) is 5.56 Å². The van der Waals surface area contributed by atoms with Crippen LogP contribution in [0.25, 0.3) is 0 Å². The van der Waals surface area contributed by atoms with Crippen molar-refractivity contribution >= 4 is 5.91 Å². The van der Waals surface area contributed by atoms with E-state index in [4.69, 9.17) is 10.6 Å². The van der Waals surface area contributed by atoms with Crippen molar-refractivity contribution in [1.29, 1.82) is 0 Å². The van der Waals surface area contributed by atoms with Crippen LogP contribution in [-0.2, 0) is 4.79 Å². The summed E-state index contributed by atoms with van der Waals surface area (Å²) >= 11 is 0. The standard InChI is InChI=1S/C15H24N2O2/c1-10(2)13-7-5-11(3)14(9-13)19-12(4)6-8-15(18)17-16/h5,7,9-10,12H,6,8,16H2,1-4H3,(H,17,18). The third kappa shape index (κ3) is 4.91. The van der Waals surface area contributed by atoms with Crippen molar-refractivity contribution in [3.8, 4) is 5.75 Å². The molecule has 1 amide bonds. The van der Waals surface area contributed by atoms with Crippen LogP contribution in [0.5, 0.6) is 5.75 Å². The SMILES string of the molecule is Cc1ccc(C(C)C)cc1OC(C)CCC(=O)NN. The number of nitrogens with two attached hydrogens (primary N) is 1. The Morgan fingerprint density at radius 3 is 2.63 bits per heavy atom. The molecule has 4 nitrogen and oxygen atoms in total. The molecule has 106 valence electrons. The van der Waals surface area contributed by atoms with Crippen molar-refractivity contribution in [1.82, 2.24) is 5.43 Å². The van der Waals surface area contributed by atoms with Crippen LogP contribution in [0.3, 0.4) is 0 Å². The van der Waals surface area contributed by atoms with Gasteiger partial charge in [0.25, 0.3) is 0 Å². The summed E-state index contributed by atoms with van der Waals surface area (Å²) in [6, 6.07) is 6.28. The van der Waals surface area contributed by atoms with E-state index in [9.17, 15) is 4.79 Å². The minimum absolute atomic E-state index is 0.0154. The molecule has 1 aromatic carbocycles. The Hall–Kier alpha value is -1.55. The maximum Gasteiger partial charge on any atom is 0.234 e. The summed E-state index contributed by atoms with van der Waals surface area (Å²) in [6.45, 7) is 8.30. The fraction of sp³-hybridized carbons (Fsp3) is 0.533. The predicted molar refractivity (Wildman–Crippen MR) is 76.9 cm³/mol. The van der Waals surface area contributed by atoms with Crippen molar-refractivity contribution < 1.29 is 9.53 Å². The topological polar surface area (TPSA) is 64.3 Å². The van der Waals surface area contributed by atoms with E-state index in [-0.39, 0.29) is 12.0 Å². The number of ether oxygens (including phenoxy) is 1. The number of carbonyl (C=O) groups is 1. The first kappa shape index (κ1) is 15.5. The molecular formula is C15H24N2O2. The minimum Gasteiger partial charge on any atom is -0.490 e. The molecule has 0 spiro atoms. The Bertz CT molecular complexity index is 430. The number of amides is 1. The predicted octanol–water partition coefficient (Wildman–Crippen LogP) is 2.66. The van der Waals surface area contributed by atoms with Crippen molar-refractivity contribution in [3.05, 3.63) is 29.3 Å². The molecule has 4 heteroatoms. The Balaban J connectivity index is 2.65. The molecule has 0 heterocycles. The highest BCUT2D eigenvalue weighted by Gasteiger charge is 2.10. The molecule has 1 aromatic rings. The summed E-state index contributed by atoms with van der Waals surface area (Å²) in [5.41, 5.74) is 4.49. The Labute approximate surface area is 115 Å². The van der Waals surface area contributed by atoms with Crippen molar-refractivity contribution in [2.75, 3.05) is 0 Å². The van der Waals surface area contributed by atoms with E-state index in [1.54, 1.807) is 0 Å². The number of benzene rings is 1. The van der Waals surface area contributed by atoms with Gasteiger partial charge < -0.3 is 4.74 Å². The first-order valence-electron chi connectivity index (χ1n) is 6.70. The lowest BCUT2D eigenvalue weighted by Crippen LogP contribution is -2.30. The van der Waals surface area contributed by atoms with E-state index < -0.39 is 0 Å². The van der Waals surface area contributed by atoms with Crippen molar-refractivity contribution in [2.45, 2.75) is 52.6 Å². The molecule has 0 fully saturated rings. The third-order valence-corrected chi connectivity index (χ3v) is 3.15. The molecule has 0 aliphatic carbocycles. The maximum absolute atomic E-state index is 11.1. The van der Waals surface area contributed by atoms with Gasteiger partial charge in [0.05, 0.1) is 6.10 Å². The van der Waals surface area contributed by atoms with Gasteiger partial charge in [-0.3, -0.25) is 10.2 Å². The Morgan fingerprint density at radius 1 is 1.37 bits per heavy atom. The molecule has 0 bridgehead atoms. The van der Waals surface area contributed by atoms with Gasteiger partial charge in [0, 0.05) is 6.42 Å². The zero-order valence-electron chi connectivity index (χ0n) is 12.2. The fourth-order valence-corrected chi connectivity index (χ4v) is 1.78. The van der Waals surface area contributed by atoms with Crippen molar-refractivity contribution in [3.63, 3.8) is 0 Å². The number of hydrazine groups is 1. The Kier molecular flexibility index (Phi) is 5.83. The van der Waals surface area contributed by atoms with Crippen LogP contribution in [0, 0.1) is 6.92 Å². The lowest BCUT2D eigenvalue weighted by atomic mass is 10.0. The molecule has 19 heavy (non-hydrogen) atoms. The van der Waals surface area contributed by atoms with Gasteiger partial charge in [-0.25, -0.2) is 5.84 Å². The second kappa shape index (κ2) is 7.14. The molecule has 0 saturated carbocycles. The summed E-state index contributed by atoms with van der Waals surface area (Å²) in [7, 11) is 0. The van der Waals surface area contributed by atoms with Crippen LogP contribution >= 0.6 is 0 Å². The van der Waals surface area contributed by atoms with Gasteiger partial charge >= 0.3 is 0 Å². The first-order valence-corrected chi connectivity index (χ1v) is 6.70.